The van der Waals surface area contributed by atoms with Gasteiger partial charge in [0.1, 0.15) is 6.10 Å². The second-order valence-electron chi connectivity index (χ2n) is 15.3. The summed E-state index contributed by atoms with van der Waals surface area (Å²) in [4.78, 5) is 24.3. The van der Waals surface area contributed by atoms with Gasteiger partial charge in [0.25, 0.3) is 0 Å². The van der Waals surface area contributed by atoms with Crippen LogP contribution in [0.15, 0.2) is 112 Å². The third-order valence-corrected chi connectivity index (χ3v) is 8.96. The molecule has 0 aromatic heterocycles. The van der Waals surface area contributed by atoms with Crippen LogP contribution in [0, 0.1) is 10.8 Å². The second kappa shape index (κ2) is 16.7. The molecule has 2 aliphatic rings. The smallest absolute Gasteiger partial charge is 0.302 e. The van der Waals surface area contributed by atoms with E-state index in [4.69, 9.17) is 4.74 Å². The molecule has 4 unspecified atom stereocenters. The van der Waals surface area contributed by atoms with Gasteiger partial charge in [0.2, 0.25) is 0 Å². The average Bonchev–Trinajstić information content (AvgIpc) is 2.90. The Morgan fingerprint density at radius 1 is 0.708 bits per heavy atom. The van der Waals surface area contributed by atoms with Crippen LogP contribution in [0.3, 0.4) is 0 Å². The number of aliphatic hydroxyl groups excluding tert-OH is 1. The number of ether oxygens (including phenoxy) is 1. The molecule has 2 aliphatic carbocycles. The van der Waals surface area contributed by atoms with Gasteiger partial charge >= 0.3 is 5.97 Å². The highest BCUT2D eigenvalue weighted by Crippen LogP contribution is 2.47. The molecule has 0 aliphatic heterocycles. The van der Waals surface area contributed by atoms with Crippen molar-refractivity contribution in [1.29, 1.82) is 0 Å². The SMILES string of the molecule is CC(=O)OC1CC(C)(C)C(=C=C/C(C)=C/C=C/C(C)=C/C=C/C=C(C)/C=C/C=C(\C)C(=O)/C=C2/C(C)(C)CC(O)CC2(C)O)C(C)(O)C1. The Morgan fingerprint density at radius 3 is 1.77 bits per heavy atom. The molecule has 6 heteroatoms. The van der Waals surface area contributed by atoms with E-state index in [-0.39, 0.29) is 29.7 Å². The zero-order valence-corrected chi connectivity index (χ0v) is 31.0. The van der Waals surface area contributed by atoms with Crippen molar-refractivity contribution < 1.29 is 29.6 Å². The third-order valence-electron chi connectivity index (χ3n) is 8.96. The molecule has 2 saturated carbocycles. The molecule has 6 nitrogen and oxygen atoms in total. The maximum atomic E-state index is 12.9. The van der Waals surface area contributed by atoms with Crippen LogP contribution in [0.5, 0.6) is 0 Å². The molecule has 4 atom stereocenters. The van der Waals surface area contributed by atoms with Crippen LogP contribution < -0.4 is 0 Å². The van der Waals surface area contributed by atoms with Crippen molar-refractivity contribution in [2.75, 3.05) is 0 Å². The van der Waals surface area contributed by atoms with E-state index in [0.717, 1.165) is 22.3 Å². The summed E-state index contributed by atoms with van der Waals surface area (Å²) >= 11 is 0. The van der Waals surface area contributed by atoms with Crippen LogP contribution in [-0.2, 0) is 14.3 Å². The minimum absolute atomic E-state index is 0.148. The van der Waals surface area contributed by atoms with Gasteiger partial charge in [0, 0.05) is 25.3 Å². The predicted molar refractivity (Wildman–Crippen MR) is 196 cm³/mol. The van der Waals surface area contributed by atoms with Gasteiger partial charge in [0.15, 0.2) is 5.78 Å². The maximum Gasteiger partial charge on any atom is 0.302 e. The fourth-order valence-electron chi connectivity index (χ4n) is 6.89. The van der Waals surface area contributed by atoms with Crippen molar-refractivity contribution in [2.45, 2.75) is 125 Å². The number of aliphatic hydroxyl groups is 3. The Kier molecular flexibility index (Phi) is 14.2. The van der Waals surface area contributed by atoms with E-state index in [1.807, 2.05) is 109 Å². The highest BCUT2D eigenvalue weighted by Gasteiger charge is 2.46. The Balaban J connectivity index is 2.01. The van der Waals surface area contributed by atoms with E-state index < -0.39 is 22.7 Å². The lowest BCUT2D eigenvalue weighted by molar-refractivity contribution is -0.152. The lowest BCUT2D eigenvalue weighted by Crippen LogP contribution is -2.46. The number of carbonyl (C=O) groups is 2. The standard InChI is InChI=1S/C42H58O6/c1-29(18-14-19-31(3)22-23-37-40(8,9)27-35(48-33(5)43)28-42(37,11)47)16-12-13-17-30(2)20-15-21-32(4)36(45)24-38-39(6,7)25-34(44)26-41(38,10)46/h12-22,24,34-35,44,46-47H,25-28H2,1-11H3/b13-12+,18-14+,20-15+,29-16+,30-17+,31-19+,32-21+,38-24-. The van der Waals surface area contributed by atoms with Crippen LogP contribution in [0.4, 0.5) is 0 Å². The van der Waals surface area contributed by atoms with Gasteiger partial charge in [-0.2, -0.15) is 0 Å². The fraction of sp³-hybridized carbons (Fsp3) is 0.500. The zero-order chi connectivity index (χ0) is 36.5. The first kappa shape index (κ1) is 40.6. The minimum atomic E-state index is -1.22. The first-order chi connectivity index (χ1) is 22.1. The van der Waals surface area contributed by atoms with Crippen LogP contribution in [0.25, 0.3) is 0 Å². The summed E-state index contributed by atoms with van der Waals surface area (Å²) in [5.74, 6) is -0.479. The molecule has 3 N–H and O–H groups in total. The summed E-state index contributed by atoms with van der Waals surface area (Å²) < 4.78 is 5.41. The summed E-state index contributed by atoms with van der Waals surface area (Å²) in [5.41, 5.74) is 5.31. The Hall–Kier alpha value is -3.54. The zero-order valence-electron chi connectivity index (χ0n) is 31.0. The lowest BCUT2D eigenvalue weighted by Gasteiger charge is -2.45. The Morgan fingerprint density at radius 2 is 1.25 bits per heavy atom. The van der Waals surface area contributed by atoms with E-state index in [2.05, 4.69) is 5.73 Å². The van der Waals surface area contributed by atoms with Crippen LogP contribution in [0.1, 0.15) is 102 Å². The van der Waals surface area contributed by atoms with Gasteiger partial charge in [-0.15, -0.1) is 5.73 Å². The molecular weight excluding hydrogens is 600 g/mol. The van der Waals surface area contributed by atoms with Crippen LogP contribution in [-0.4, -0.2) is 50.5 Å². The van der Waals surface area contributed by atoms with Gasteiger partial charge in [0.05, 0.1) is 17.3 Å². The van der Waals surface area contributed by atoms with Crippen molar-refractivity contribution in [2.24, 2.45) is 10.8 Å². The van der Waals surface area contributed by atoms with Crippen molar-refractivity contribution >= 4 is 11.8 Å². The molecule has 0 spiro atoms. The number of rotatable bonds is 10. The number of esters is 1. The largest absolute Gasteiger partial charge is 0.462 e. The molecule has 2 fully saturated rings. The van der Waals surface area contributed by atoms with Gasteiger partial charge in [-0.05, 0) is 94.1 Å². The van der Waals surface area contributed by atoms with E-state index in [9.17, 15) is 24.9 Å². The molecule has 262 valence electrons. The summed E-state index contributed by atoms with van der Waals surface area (Å²) in [6.07, 6.45) is 23.7. The molecule has 0 amide bonds. The molecule has 48 heavy (non-hydrogen) atoms. The summed E-state index contributed by atoms with van der Waals surface area (Å²) in [6.45, 7) is 20.6. The van der Waals surface area contributed by atoms with Crippen molar-refractivity contribution in [3.63, 3.8) is 0 Å². The number of carbonyl (C=O) groups excluding carboxylic acids is 2. The van der Waals surface area contributed by atoms with E-state index in [0.29, 0.717) is 30.4 Å². The molecule has 0 radical (unpaired) electrons. The summed E-state index contributed by atoms with van der Waals surface area (Å²) in [5, 5.41) is 32.1. The van der Waals surface area contributed by atoms with Gasteiger partial charge in [-0.1, -0.05) is 99.6 Å². The van der Waals surface area contributed by atoms with E-state index >= 15 is 0 Å². The molecule has 0 aromatic rings. The first-order valence-electron chi connectivity index (χ1n) is 16.8. The molecule has 0 heterocycles. The van der Waals surface area contributed by atoms with Crippen molar-refractivity contribution in [3.8, 4) is 0 Å². The number of hydrogen-bond acceptors (Lipinski definition) is 6. The third kappa shape index (κ3) is 12.5. The number of allylic oxidation sites excluding steroid dienone is 15. The van der Waals surface area contributed by atoms with Crippen LogP contribution in [0.2, 0.25) is 0 Å². The normalized spacial score (nSPS) is 29.5. The van der Waals surface area contributed by atoms with E-state index in [1.165, 1.54) is 6.92 Å². The predicted octanol–water partition coefficient (Wildman–Crippen LogP) is 8.45. The lowest BCUT2D eigenvalue weighted by atomic mass is 9.64. The summed E-state index contributed by atoms with van der Waals surface area (Å²) in [7, 11) is 0. The quantitative estimate of drug-likeness (QED) is 0.0942. The molecule has 2 rings (SSSR count). The number of ketones is 1. The maximum absolute atomic E-state index is 12.9. The van der Waals surface area contributed by atoms with Gasteiger partial charge < -0.3 is 20.1 Å². The second-order valence-corrected chi connectivity index (χ2v) is 15.3. The minimum Gasteiger partial charge on any atom is -0.462 e. The Labute approximate surface area is 289 Å². The molecule has 0 bridgehead atoms. The highest BCUT2D eigenvalue weighted by atomic mass is 16.5. The fourth-order valence-corrected chi connectivity index (χ4v) is 6.89. The van der Waals surface area contributed by atoms with Crippen molar-refractivity contribution in [3.05, 3.63) is 112 Å². The summed E-state index contributed by atoms with van der Waals surface area (Å²) in [6, 6.07) is 0. The topological polar surface area (TPSA) is 104 Å². The Bertz CT molecular complexity index is 1480. The van der Waals surface area contributed by atoms with E-state index in [1.54, 1.807) is 32.9 Å². The highest BCUT2D eigenvalue weighted by molar-refractivity contribution is 6.04. The van der Waals surface area contributed by atoms with Gasteiger partial charge in [-0.3, -0.25) is 9.59 Å². The van der Waals surface area contributed by atoms with Gasteiger partial charge in [-0.25, -0.2) is 0 Å². The number of hydrogen-bond donors (Lipinski definition) is 3. The molecule has 0 aromatic carbocycles. The van der Waals surface area contributed by atoms with Crippen LogP contribution >= 0.6 is 0 Å². The monoisotopic (exact) mass is 658 g/mol. The molecular formula is C42H58O6. The van der Waals surface area contributed by atoms with Crippen molar-refractivity contribution in [1.82, 2.24) is 0 Å². The molecule has 0 saturated heterocycles. The first-order valence-corrected chi connectivity index (χ1v) is 16.8. The average molecular weight is 659 g/mol.